The molecule has 0 spiro atoms. The predicted molar refractivity (Wildman–Crippen MR) is 67.9 cm³/mol. The summed E-state index contributed by atoms with van der Waals surface area (Å²) in [6.07, 6.45) is 2.77. The van der Waals surface area contributed by atoms with E-state index in [4.69, 9.17) is 15.2 Å². The van der Waals surface area contributed by atoms with Crippen LogP contribution in [-0.2, 0) is 9.47 Å². The highest BCUT2D eigenvalue weighted by molar-refractivity contribution is 4.88. The lowest BCUT2D eigenvalue weighted by atomic mass is 10.0. The molecule has 0 bridgehead atoms. The zero-order valence-corrected chi connectivity index (χ0v) is 11.1. The molecule has 2 rings (SSSR count). The van der Waals surface area contributed by atoms with Crippen LogP contribution in [0, 0.1) is 11.8 Å². The second-order valence-corrected chi connectivity index (χ2v) is 5.53. The molecule has 0 aromatic carbocycles. The maximum absolute atomic E-state index is 6.06. The Balaban J connectivity index is 1.84. The van der Waals surface area contributed by atoms with Gasteiger partial charge in [0, 0.05) is 38.2 Å². The fraction of sp³-hybridized carbons (Fsp3) is 1.00. The Morgan fingerprint density at radius 1 is 1.41 bits per heavy atom. The Kier molecular flexibility index (Phi) is 4.79. The molecule has 100 valence electrons. The number of nitrogens with zero attached hydrogens (tertiary/aromatic N) is 1. The highest BCUT2D eigenvalue weighted by Crippen LogP contribution is 2.35. The summed E-state index contributed by atoms with van der Waals surface area (Å²) in [6.45, 7) is 6.76. The predicted octanol–water partition coefficient (Wildman–Crippen LogP) is 0.707. The molecule has 3 unspecified atom stereocenters. The molecular formula is C13H26N2O2. The highest BCUT2D eigenvalue weighted by atomic mass is 16.5. The number of hydrogen-bond donors (Lipinski definition) is 1. The van der Waals surface area contributed by atoms with Gasteiger partial charge in [0.05, 0.1) is 19.8 Å². The van der Waals surface area contributed by atoms with Crippen molar-refractivity contribution >= 4 is 0 Å². The fourth-order valence-electron chi connectivity index (χ4n) is 2.65. The van der Waals surface area contributed by atoms with Gasteiger partial charge >= 0.3 is 0 Å². The molecule has 0 aromatic rings. The molecule has 0 radical (unpaired) electrons. The van der Waals surface area contributed by atoms with E-state index in [0.717, 1.165) is 38.8 Å². The minimum Gasteiger partial charge on any atom is -0.383 e. The number of ether oxygens (including phenoxy) is 2. The third-order valence-corrected chi connectivity index (χ3v) is 4.18. The lowest BCUT2D eigenvalue weighted by molar-refractivity contribution is 0.0966. The smallest absolute Gasteiger partial charge is 0.0621 e. The van der Waals surface area contributed by atoms with Crippen molar-refractivity contribution < 1.29 is 9.47 Å². The van der Waals surface area contributed by atoms with Gasteiger partial charge in [-0.15, -0.1) is 0 Å². The van der Waals surface area contributed by atoms with Crippen molar-refractivity contribution in [2.24, 2.45) is 17.6 Å². The highest BCUT2D eigenvalue weighted by Gasteiger charge is 2.34. The molecular weight excluding hydrogens is 216 g/mol. The van der Waals surface area contributed by atoms with E-state index in [0.29, 0.717) is 12.0 Å². The van der Waals surface area contributed by atoms with E-state index >= 15 is 0 Å². The lowest BCUT2D eigenvalue weighted by Crippen LogP contribution is -2.44. The van der Waals surface area contributed by atoms with Crippen molar-refractivity contribution in [2.45, 2.75) is 31.8 Å². The molecule has 2 aliphatic rings. The summed E-state index contributed by atoms with van der Waals surface area (Å²) < 4.78 is 10.7. The van der Waals surface area contributed by atoms with Crippen LogP contribution in [0.25, 0.3) is 0 Å². The molecule has 4 nitrogen and oxygen atoms in total. The molecule has 2 fully saturated rings. The van der Waals surface area contributed by atoms with Gasteiger partial charge in [0.1, 0.15) is 0 Å². The second-order valence-electron chi connectivity index (χ2n) is 5.53. The normalized spacial score (nSPS) is 31.1. The molecule has 0 aromatic heterocycles. The Morgan fingerprint density at radius 3 is 2.71 bits per heavy atom. The minimum absolute atomic E-state index is 0.214. The first-order valence-electron chi connectivity index (χ1n) is 6.78. The topological polar surface area (TPSA) is 47.7 Å². The molecule has 0 amide bonds. The van der Waals surface area contributed by atoms with Crippen molar-refractivity contribution in [2.75, 3.05) is 40.0 Å². The zero-order chi connectivity index (χ0) is 12.3. The molecule has 3 atom stereocenters. The third kappa shape index (κ3) is 3.65. The third-order valence-electron chi connectivity index (χ3n) is 4.18. The summed E-state index contributed by atoms with van der Waals surface area (Å²) in [5.41, 5.74) is 6.06. The van der Waals surface area contributed by atoms with Gasteiger partial charge < -0.3 is 15.2 Å². The van der Waals surface area contributed by atoms with Gasteiger partial charge in [-0.3, -0.25) is 4.90 Å². The molecule has 1 saturated heterocycles. The molecule has 1 heterocycles. The number of methoxy groups -OCH3 is 1. The van der Waals surface area contributed by atoms with Gasteiger partial charge in [0.25, 0.3) is 0 Å². The number of rotatable bonds is 7. The van der Waals surface area contributed by atoms with Crippen LogP contribution in [0.1, 0.15) is 19.8 Å². The molecule has 1 aliphatic carbocycles. The minimum atomic E-state index is 0.214. The Hall–Kier alpha value is -0.160. The SMILES string of the molecule is COCCN(CC1COCC1N)C(C)C1CC1. The summed E-state index contributed by atoms with van der Waals surface area (Å²) in [5.74, 6) is 1.39. The van der Waals surface area contributed by atoms with Crippen molar-refractivity contribution in [1.82, 2.24) is 4.90 Å². The van der Waals surface area contributed by atoms with Gasteiger partial charge in [0.15, 0.2) is 0 Å². The van der Waals surface area contributed by atoms with Crippen molar-refractivity contribution in [3.05, 3.63) is 0 Å². The lowest BCUT2D eigenvalue weighted by Gasteiger charge is -2.32. The summed E-state index contributed by atoms with van der Waals surface area (Å²) in [7, 11) is 1.77. The Bertz CT molecular complexity index is 233. The van der Waals surface area contributed by atoms with E-state index in [2.05, 4.69) is 11.8 Å². The summed E-state index contributed by atoms with van der Waals surface area (Å²) in [6, 6.07) is 0.879. The summed E-state index contributed by atoms with van der Waals surface area (Å²) >= 11 is 0. The van der Waals surface area contributed by atoms with Crippen molar-refractivity contribution in [3.63, 3.8) is 0 Å². The molecule has 2 N–H and O–H groups in total. The number of hydrogen-bond acceptors (Lipinski definition) is 4. The van der Waals surface area contributed by atoms with Gasteiger partial charge in [-0.25, -0.2) is 0 Å². The van der Waals surface area contributed by atoms with Crippen molar-refractivity contribution in [1.29, 1.82) is 0 Å². The van der Waals surface area contributed by atoms with Gasteiger partial charge in [0.2, 0.25) is 0 Å². The van der Waals surface area contributed by atoms with E-state index in [1.807, 2.05) is 0 Å². The monoisotopic (exact) mass is 242 g/mol. The van der Waals surface area contributed by atoms with E-state index in [9.17, 15) is 0 Å². The van der Waals surface area contributed by atoms with E-state index < -0.39 is 0 Å². The Labute approximate surface area is 104 Å². The average Bonchev–Trinajstić information content (AvgIpc) is 3.09. The second kappa shape index (κ2) is 6.14. The van der Waals surface area contributed by atoms with Crippen molar-refractivity contribution in [3.8, 4) is 0 Å². The van der Waals surface area contributed by atoms with Crippen LogP contribution in [0.2, 0.25) is 0 Å². The van der Waals surface area contributed by atoms with E-state index in [-0.39, 0.29) is 6.04 Å². The molecule has 4 heteroatoms. The maximum atomic E-state index is 6.06. The largest absolute Gasteiger partial charge is 0.383 e. The van der Waals surface area contributed by atoms with Crippen LogP contribution in [0.5, 0.6) is 0 Å². The van der Waals surface area contributed by atoms with Gasteiger partial charge in [-0.05, 0) is 25.7 Å². The standard InChI is InChI=1S/C13H26N2O2/c1-10(11-3-4-11)15(5-6-16-2)7-12-8-17-9-13(12)14/h10-13H,3-9,14H2,1-2H3. The quantitative estimate of drug-likeness (QED) is 0.714. The van der Waals surface area contributed by atoms with E-state index in [1.54, 1.807) is 7.11 Å². The number of nitrogens with two attached hydrogens (primary N) is 1. The van der Waals surface area contributed by atoms with Gasteiger partial charge in [-0.1, -0.05) is 0 Å². The summed E-state index contributed by atoms with van der Waals surface area (Å²) in [4.78, 5) is 2.54. The zero-order valence-electron chi connectivity index (χ0n) is 11.1. The molecule has 1 aliphatic heterocycles. The molecule has 1 saturated carbocycles. The fourth-order valence-corrected chi connectivity index (χ4v) is 2.65. The maximum Gasteiger partial charge on any atom is 0.0621 e. The Morgan fingerprint density at radius 2 is 2.18 bits per heavy atom. The van der Waals surface area contributed by atoms with Crippen LogP contribution in [-0.4, -0.2) is 57.0 Å². The van der Waals surface area contributed by atoms with Crippen LogP contribution in [0.4, 0.5) is 0 Å². The van der Waals surface area contributed by atoms with E-state index in [1.165, 1.54) is 12.8 Å². The van der Waals surface area contributed by atoms with Gasteiger partial charge in [-0.2, -0.15) is 0 Å². The summed E-state index contributed by atoms with van der Waals surface area (Å²) in [5, 5.41) is 0. The van der Waals surface area contributed by atoms with Crippen LogP contribution >= 0.6 is 0 Å². The first-order chi connectivity index (χ1) is 8.22. The first kappa shape index (κ1) is 13.3. The van der Waals surface area contributed by atoms with Crippen LogP contribution < -0.4 is 5.73 Å². The average molecular weight is 242 g/mol. The molecule has 17 heavy (non-hydrogen) atoms. The first-order valence-corrected chi connectivity index (χ1v) is 6.78. The van der Waals surface area contributed by atoms with Crippen LogP contribution in [0.15, 0.2) is 0 Å². The van der Waals surface area contributed by atoms with Crippen LogP contribution in [0.3, 0.4) is 0 Å².